The number of hydrogen-bond acceptors (Lipinski definition) is 4. The summed E-state index contributed by atoms with van der Waals surface area (Å²) in [5, 5.41) is 3.35. The molecule has 2 heterocycles. The quantitative estimate of drug-likeness (QED) is 0.796. The van der Waals surface area contributed by atoms with Crippen LogP contribution in [0.2, 0.25) is 0 Å². The Balaban J connectivity index is 0.00000208. The zero-order valence-corrected chi connectivity index (χ0v) is 16.0. The Bertz CT molecular complexity index is 643. The normalized spacial score (nSPS) is 23.2. The minimum atomic E-state index is -0.191. The fraction of sp³-hybridized carbons (Fsp3) is 0.500. The predicted molar refractivity (Wildman–Crippen MR) is 97.9 cm³/mol. The van der Waals surface area contributed by atoms with E-state index in [1.54, 1.807) is 6.07 Å². The van der Waals surface area contributed by atoms with Gasteiger partial charge in [-0.15, -0.1) is 12.4 Å². The van der Waals surface area contributed by atoms with Crippen LogP contribution < -0.4 is 15.0 Å². The largest absolute Gasteiger partial charge is 0.482 e. The van der Waals surface area contributed by atoms with E-state index in [1.165, 1.54) is 4.90 Å². The number of halogens is 2. The second-order valence-corrected chi connectivity index (χ2v) is 6.87. The van der Waals surface area contributed by atoms with E-state index in [0.717, 1.165) is 11.0 Å². The number of amides is 2. The molecule has 0 aliphatic carbocycles. The Morgan fingerprint density at radius 3 is 2.92 bits per heavy atom. The van der Waals surface area contributed by atoms with Gasteiger partial charge < -0.3 is 15.0 Å². The molecule has 132 valence electrons. The maximum Gasteiger partial charge on any atom is 0.265 e. The number of ether oxygens (including phenoxy) is 1. The smallest absolute Gasteiger partial charge is 0.265 e. The standard InChI is InChI=1S/C16H20BrN3O3.ClH/c1-10-11(2)19(6-5-18-10)15(21)8-20-13-4-3-12(17)7-14(13)23-9-16(20)22;/h3-4,7,10-11,18H,5-6,8-9H2,1-2H3;1H. The van der Waals surface area contributed by atoms with E-state index in [-0.39, 0.29) is 49.5 Å². The molecule has 1 fully saturated rings. The van der Waals surface area contributed by atoms with Gasteiger partial charge in [0, 0.05) is 29.6 Å². The number of rotatable bonds is 2. The van der Waals surface area contributed by atoms with Crippen molar-refractivity contribution in [2.75, 3.05) is 31.1 Å². The van der Waals surface area contributed by atoms with Crippen LogP contribution in [0.1, 0.15) is 13.8 Å². The van der Waals surface area contributed by atoms with Crippen LogP contribution in [0, 0.1) is 0 Å². The number of carbonyl (C=O) groups excluding carboxylic acids is 2. The summed E-state index contributed by atoms with van der Waals surface area (Å²) in [6.45, 7) is 5.55. The van der Waals surface area contributed by atoms with Gasteiger partial charge in [0.15, 0.2) is 6.61 Å². The Kier molecular flexibility index (Phi) is 6.11. The molecule has 8 heteroatoms. The van der Waals surface area contributed by atoms with Crippen molar-refractivity contribution in [3.63, 3.8) is 0 Å². The van der Waals surface area contributed by atoms with Crippen LogP contribution in [0.3, 0.4) is 0 Å². The van der Waals surface area contributed by atoms with Gasteiger partial charge in [0.1, 0.15) is 12.3 Å². The molecule has 0 bridgehead atoms. The van der Waals surface area contributed by atoms with Gasteiger partial charge in [-0.3, -0.25) is 14.5 Å². The van der Waals surface area contributed by atoms with E-state index in [4.69, 9.17) is 4.74 Å². The molecule has 2 aliphatic rings. The summed E-state index contributed by atoms with van der Waals surface area (Å²) in [7, 11) is 0. The van der Waals surface area contributed by atoms with Gasteiger partial charge in [0.05, 0.1) is 5.69 Å². The molecule has 0 aromatic heterocycles. The summed E-state index contributed by atoms with van der Waals surface area (Å²) < 4.78 is 6.33. The first-order chi connectivity index (χ1) is 11.0. The van der Waals surface area contributed by atoms with Crippen LogP contribution in [0.25, 0.3) is 0 Å². The van der Waals surface area contributed by atoms with Crippen LogP contribution in [0.4, 0.5) is 5.69 Å². The fourth-order valence-electron chi connectivity index (χ4n) is 2.99. The number of carbonyl (C=O) groups is 2. The first kappa shape index (κ1) is 19.0. The van der Waals surface area contributed by atoms with Crippen molar-refractivity contribution in [3.05, 3.63) is 22.7 Å². The van der Waals surface area contributed by atoms with Crippen LogP contribution in [0.5, 0.6) is 5.75 Å². The Morgan fingerprint density at radius 1 is 1.42 bits per heavy atom. The van der Waals surface area contributed by atoms with Crippen molar-refractivity contribution < 1.29 is 14.3 Å². The van der Waals surface area contributed by atoms with Crippen molar-refractivity contribution >= 4 is 45.8 Å². The van der Waals surface area contributed by atoms with Crippen LogP contribution in [-0.4, -0.2) is 55.0 Å². The monoisotopic (exact) mass is 417 g/mol. The van der Waals surface area contributed by atoms with Crippen molar-refractivity contribution in [3.8, 4) is 5.75 Å². The Labute approximate surface area is 156 Å². The molecule has 2 amide bonds. The molecule has 2 aliphatic heterocycles. The minimum absolute atomic E-state index is 0. The van der Waals surface area contributed by atoms with Gasteiger partial charge in [-0.2, -0.15) is 0 Å². The van der Waals surface area contributed by atoms with Crippen LogP contribution in [-0.2, 0) is 9.59 Å². The number of hydrogen-bond donors (Lipinski definition) is 1. The van der Waals surface area contributed by atoms with Gasteiger partial charge in [0.2, 0.25) is 5.91 Å². The summed E-state index contributed by atoms with van der Waals surface area (Å²) >= 11 is 3.39. The zero-order chi connectivity index (χ0) is 16.6. The Morgan fingerprint density at radius 2 is 2.17 bits per heavy atom. The third kappa shape index (κ3) is 3.68. The summed E-state index contributed by atoms with van der Waals surface area (Å²) in [6, 6.07) is 5.81. The second kappa shape index (κ2) is 7.72. The van der Waals surface area contributed by atoms with Gasteiger partial charge in [0.25, 0.3) is 5.91 Å². The van der Waals surface area contributed by atoms with E-state index < -0.39 is 0 Å². The summed E-state index contributed by atoms with van der Waals surface area (Å²) in [4.78, 5) is 28.3. The summed E-state index contributed by atoms with van der Waals surface area (Å²) in [5.74, 6) is 0.396. The summed E-state index contributed by atoms with van der Waals surface area (Å²) in [6.07, 6.45) is 0. The van der Waals surface area contributed by atoms with Crippen molar-refractivity contribution in [1.29, 1.82) is 0 Å². The molecule has 3 rings (SSSR count). The highest BCUT2D eigenvalue weighted by molar-refractivity contribution is 9.10. The van der Waals surface area contributed by atoms with Gasteiger partial charge in [-0.1, -0.05) is 15.9 Å². The molecule has 2 atom stereocenters. The maximum absolute atomic E-state index is 12.7. The topological polar surface area (TPSA) is 61.9 Å². The number of anilines is 1. The predicted octanol–water partition coefficient (Wildman–Crippen LogP) is 1.81. The molecule has 0 radical (unpaired) electrons. The zero-order valence-electron chi connectivity index (χ0n) is 13.6. The lowest BCUT2D eigenvalue weighted by atomic mass is 10.1. The van der Waals surface area contributed by atoms with E-state index in [0.29, 0.717) is 18.0 Å². The second-order valence-electron chi connectivity index (χ2n) is 5.95. The average Bonchev–Trinajstić information content (AvgIpc) is 2.52. The fourth-order valence-corrected chi connectivity index (χ4v) is 3.33. The van der Waals surface area contributed by atoms with Gasteiger partial charge >= 0.3 is 0 Å². The average molecular weight is 419 g/mol. The third-order valence-corrected chi connectivity index (χ3v) is 5.01. The first-order valence-corrected chi connectivity index (χ1v) is 8.52. The first-order valence-electron chi connectivity index (χ1n) is 7.73. The number of piperazine rings is 1. The van der Waals surface area contributed by atoms with Crippen molar-refractivity contribution in [2.45, 2.75) is 25.9 Å². The van der Waals surface area contributed by atoms with Gasteiger partial charge in [-0.25, -0.2) is 0 Å². The lowest BCUT2D eigenvalue weighted by molar-refractivity contribution is -0.135. The number of benzene rings is 1. The molecule has 1 saturated heterocycles. The maximum atomic E-state index is 12.7. The van der Waals surface area contributed by atoms with E-state index in [1.807, 2.05) is 24.0 Å². The molecule has 1 aromatic rings. The minimum Gasteiger partial charge on any atom is -0.482 e. The molecule has 1 N–H and O–H groups in total. The van der Waals surface area contributed by atoms with E-state index >= 15 is 0 Å². The van der Waals surface area contributed by atoms with E-state index in [9.17, 15) is 9.59 Å². The molecular formula is C16H21BrClN3O3. The Hall–Kier alpha value is -1.31. The number of nitrogens with zero attached hydrogens (tertiary/aromatic N) is 2. The highest BCUT2D eigenvalue weighted by Crippen LogP contribution is 2.34. The summed E-state index contributed by atoms with van der Waals surface area (Å²) in [5.41, 5.74) is 0.647. The number of fused-ring (bicyclic) bond motifs is 1. The molecule has 6 nitrogen and oxygen atoms in total. The highest BCUT2D eigenvalue weighted by Gasteiger charge is 2.32. The van der Waals surface area contributed by atoms with Crippen LogP contribution in [0.15, 0.2) is 22.7 Å². The third-order valence-electron chi connectivity index (χ3n) is 4.51. The number of nitrogens with one attached hydrogen (secondary N) is 1. The van der Waals surface area contributed by atoms with Crippen LogP contribution >= 0.6 is 28.3 Å². The SMILES string of the molecule is CC1NCCN(C(=O)CN2C(=O)COc3cc(Br)ccc32)C1C.Cl. The molecular weight excluding hydrogens is 398 g/mol. The molecule has 24 heavy (non-hydrogen) atoms. The van der Waals surface area contributed by atoms with Gasteiger partial charge in [-0.05, 0) is 32.0 Å². The van der Waals surface area contributed by atoms with Crippen molar-refractivity contribution in [2.24, 2.45) is 0 Å². The highest BCUT2D eigenvalue weighted by atomic mass is 79.9. The van der Waals surface area contributed by atoms with E-state index in [2.05, 4.69) is 28.2 Å². The lowest BCUT2D eigenvalue weighted by Crippen LogP contribution is -2.59. The molecule has 2 unspecified atom stereocenters. The molecule has 0 spiro atoms. The lowest BCUT2D eigenvalue weighted by Gasteiger charge is -2.40. The molecule has 1 aromatic carbocycles. The van der Waals surface area contributed by atoms with Crippen molar-refractivity contribution in [1.82, 2.24) is 10.2 Å². The molecule has 0 saturated carbocycles.